The number of benzene rings is 1. The first kappa shape index (κ1) is 12.2. The number of hydrogen-bond donors (Lipinski definition) is 3. The van der Waals surface area contributed by atoms with Crippen molar-refractivity contribution in [2.45, 2.75) is 13.3 Å². The Morgan fingerprint density at radius 2 is 1.81 bits per heavy atom. The molecule has 0 aliphatic carbocycles. The predicted molar refractivity (Wildman–Crippen MR) is 67.8 cm³/mol. The van der Waals surface area contributed by atoms with Crippen molar-refractivity contribution in [1.82, 2.24) is 0 Å². The first-order valence-electron chi connectivity index (χ1n) is 5.05. The standard InChI is InChI=1S/C11H17N5/c1-8(13)15-11(14)16-10-4-2-9(3-5-10)6-7-12/h2-5H,6-7,12H2,1H3,(H4,13,14,15,16). The molecule has 6 N–H and O–H groups in total. The molecule has 0 atom stereocenters. The third kappa shape index (κ3) is 4.10. The molecule has 0 aromatic heterocycles. The third-order valence-corrected chi connectivity index (χ3v) is 1.90. The summed E-state index contributed by atoms with van der Waals surface area (Å²) in [5.41, 5.74) is 18.3. The topological polar surface area (TPSA) is 103 Å². The number of amidine groups is 1. The van der Waals surface area contributed by atoms with E-state index in [1.54, 1.807) is 6.92 Å². The van der Waals surface area contributed by atoms with Gasteiger partial charge in [0, 0.05) is 0 Å². The molecule has 0 unspecified atom stereocenters. The normalized spacial score (nSPS) is 12.9. The number of rotatable bonds is 3. The van der Waals surface area contributed by atoms with Crippen LogP contribution in [0.2, 0.25) is 0 Å². The minimum atomic E-state index is 0.159. The van der Waals surface area contributed by atoms with Crippen molar-refractivity contribution in [2.24, 2.45) is 27.2 Å². The van der Waals surface area contributed by atoms with Gasteiger partial charge < -0.3 is 17.2 Å². The molecular weight excluding hydrogens is 202 g/mol. The second-order valence-electron chi connectivity index (χ2n) is 3.43. The largest absolute Gasteiger partial charge is 0.387 e. The summed E-state index contributed by atoms with van der Waals surface area (Å²) >= 11 is 0. The van der Waals surface area contributed by atoms with Crippen molar-refractivity contribution in [1.29, 1.82) is 0 Å². The van der Waals surface area contributed by atoms with Gasteiger partial charge in [-0.15, -0.1) is 0 Å². The summed E-state index contributed by atoms with van der Waals surface area (Å²) in [5.74, 6) is 0.549. The van der Waals surface area contributed by atoms with Gasteiger partial charge in [0.2, 0.25) is 5.96 Å². The Bertz CT molecular complexity index is 387. The van der Waals surface area contributed by atoms with E-state index in [9.17, 15) is 0 Å². The van der Waals surface area contributed by atoms with E-state index in [1.165, 1.54) is 5.56 Å². The van der Waals surface area contributed by atoms with E-state index >= 15 is 0 Å². The summed E-state index contributed by atoms with van der Waals surface area (Å²) in [6.07, 6.45) is 0.861. The summed E-state index contributed by atoms with van der Waals surface area (Å²) in [6, 6.07) is 7.69. The number of guanidine groups is 1. The van der Waals surface area contributed by atoms with Gasteiger partial charge in [0.15, 0.2) is 0 Å². The first-order chi connectivity index (χ1) is 7.61. The third-order valence-electron chi connectivity index (χ3n) is 1.90. The van der Waals surface area contributed by atoms with Gasteiger partial charge in [0.1, 0.15) is 0 Å². The lowest BCUT2D eigenvalue weighted by Gasteiger charge is -1.99. The van der Waals surface area contributed by atoms with E-state index in [1.807, 2.05) is 24.3 Å². The molecule has 0 spiro atoms. The number of nitrogens with zero attached hydrogens (tertiary/aromatic N) is 2. The Morgan fingerprint density at radius 1 is 1.19 bits per heavy atom. The lowest BCUT2D eigenvalue weighted by atomic mass is 10.1. The molecule has 1 rings (SSSR count). The average molecular weight is 219 g/mol. The SMILES string of the molecule is CC(N)=NC(N)=Nc1ccc(CCN)cc1. The molecule has 86 valence electrons. The van der Waals surface area contributed by atoms with Gasteiger partial charge in [-0.2, -0.15) is 0 Å². The molecule has 0 bridgehead atoms. The average Bonchev–Trinajstić information content (AvgIpc) is 2.20. The molecule has 0 radical (unpaired) electrons. The van der Waals surface area contributed by atoms with Crippen LogP contribution < -0.4 is 17.2 Å². The summed E-state index contributed by atoms with van der Waals surface area (Å²) in [4.78, 5) is 7.93. The van der Waals surface area contributed by atoms with Crippen LogP contribution >= 0.6 is 0 Å². The van der Waals surface area contributed by atoms with E-state index in [0.29, 0.717) is 12.4 Å². The van der Waals surface area contributed by atoms with Crippen LogP contribution in [-0.4, -0.2) is 18.3 Å². The van der Waals surface area contributed by atoms with Crippen LogP contribution in [0.3, 0.4) is 0 Å². The van der Waals surface area contributed by atoms with Gasteiger partial charge in [-0.05, 0) is 37.6 Å². The fraction of sp³-hybridized carbons (Fsp3) is 0.273. The van der Waals surface area contributed by atoms with Gasteiger partial charge in [-0.25, -0.2) is 9.98 Å². The van der Waals surface area contributed by atoms with E-state index in [4.69, 9.17) is 17.2 Å². The van der Waals surface area contributed by atoms with Crippen LogP contribution in [0.5, 0.6) is 0 Å². The molecule has 0 amide bonds. The molecular formula is C11H17N5. The maximum Gasteiger partial charge on any atom is 0.222 e. The lowest BCUT2D eigenvalue weighted by Crippen LogP contribution is -2.15. The van der Waals surface area contributed by atoms with Crippen molar-refractivity contribution in [2.75, 3.05) is 6.54 Å². The van der Waals surface area contributed by atoms with Crippen LogP contribution in [0.15, 0.2) is 34.3 Å². The van der Waals surface area contributed by atoms with Gasteiger partial charge in [-0.1, -0.05) is 12.1 Å². The van der Waals surface area contributed by atoms with Crippen molar-refractivity contribution in [3.05, 3.63) is 29.8 Å². The zero-order valence-corrected chi connectivity index (χ0v) is 9.35. The molecule has 0 saturated carbocycles. The van der Waals surface area contributed by atoms with Crippen LogP contribution in [0.4, 0.5) is 5.69 Å². The van der Waals surface area contributed by atoms with E-state index in [0.717, 1.165) is 12.1 Å². The highest BCUT2D eigenvalue weighted by atomic mass is 15.1. The van der Waals surface area contributed by atoms with Crippen molar-refractivity contribution in [3.8, 4) is 0 Å². The van der Waals surface area contributed by atoms with Crippen LogP contribution in [0, 0.1) is 0 Å². The fourth-order valence-electron chi connectivity index (χ4n) is 1.24. The molecule has 1 aromatic carbocycles. The molecule has 0 heterocycles. The highest BCUT2D eigenvalue weighted by Crippen LogP contribution is 2.13. The molecule has 5 heteroatoms. The van der Waals surface area contributed by atoms with Gasteiger partial charge in [0.25, 0.3) is 0 Å². The molecule has 0 saturated heterocycles. The Morgan fingerprint density at radius 3 is 2.31 bits per heavy atom. The van der Waals surface area contributed by atoms with Crippen LogP contribution in [0.25, 0.3) is 0 Å². The molecule has 5 nitrogen and oxygen atoms in total. The summed E-state index contributed by atoms with van der Waals surface area (Å²) in [5, 5.41) is 0. The van der Waals surface area contributed by atoms with E-state index < -0.39 is 0 Å². The van der Waals surface area contributed by atoms with E-state index in [-0.39, 0.29) is 5.96 Å². The second kappa shape index (κ2) is 5.87. The Labute approximate surface area is 95.1 Å². The second-order valence-corrected chi connectivity index (χ2v) is 3.43. The summed E-state index contributed by atoms with van der Waals surface area (Å²) < 4.78 is 0. The number of aliphatic imine (C=N–C) groups is 2. The predicted octanol–water partition coefficient (Wildman–Crippen LogP) is 0.511. The molecule has 0 aliphatic rings. The zero-order chi connectivity index (χ0) is 12.0. The summed E-state index contributed by atoms with van der Waals surface area (Å²) in [7, 11) is 0. The van der Waals surface area contributed by atoms with Crippen molar-refractivity contribution < 1.29 is 0 Å². The van der Waals surface area contributed by atoms with Crippen molar-refractivity contribution >= 4 is 17.5 Å². The maximum atomic E-state index is 5.57. The minimum absolute atomic E-state index is 0.159. The van der Waals surface area contributed by atoms with Crippen LogP contribution in [0.1, 0.15) is 12.5 Å². The number of nitrogens with two attached hydrogens (primary N) is 3. The quantitative estimate of drug-likeness (QED) is 0.509. The van der Waals surface area contributed by atoms with Crippen LogP contribution in [-0.2, 0) is 6.42 Å². The minimum Gasteiger partial charge on any atom is -0.387 e. The smallest absolute Gasteiger partial charge is 0.222 e. The Hall–Kier alpha value is -1.88. The maximum absolute atomic E-state index is 5.57. The highest BCUT2D eigenvalue weighted by Gasteiger charge is 1.94. The van der Waals surface area contributed by atoms with E-state index in [2.05, 4.69) is 9.98 Å². The fourth-order valence-corrected chi connectivity index (χ4v) is 1.24. The Kier molecular flexibility index (Phi) is 4.47. The summed E-state index contributed by atoms with van der Waals surface area (Å²) in [6.45, 7) is 2.30. The van der Waals surface area contributed by atoms with Gasteiger partial charge in [-0.3, -0.25) is 0 Å². The molecule has 0 fully saturated rings. The number of hydrogen-bond acceptors (Lipinski definition) is 2. The zero-order valence-electron chi connectivity index (χ0n) is 9.35. The first-order valence-corrected chi connectivity index (χ1v) is 5.05. The molecule has 1 aromatic rings. The molecule has 16 heavy (non-hydrogen) atoms. The van der Waals surface area contributed by atoms with Gasteiger partial charge >= 0.3 is 0 Å². The van der Waals surface area contributed by atoms with Crippen molar-refractivity contribution in [3.63, 3.8) is 0 Å². The molecule has 0 aliphatic heterocycles. The van der Waals surface area contributed by atoms with Gasteiger partial charge in [0.05, 0.1) is 11.5 Å². The Balaban J connectivity index is 2.78. The lowest BCUT2D eigenvalue weighted by molar-refractivity contribution is 0.969. The monoisotopic (exact) mass is 219 g/mol. The highest BCUT2D eigenvalue weighted by molar-refractivity contribution is 5.94.